The number of benzene rings is 1. The van der Waals surface area contributed by atoms with Gasteiger partial charge in [-0.05, 0) is 50.4 Å². The fraction of sp³-hybridized carbons (Fsp3) is 0.600. The highest BCUT2D eigenvalue weighted by atomic mass is 32.2. The highest BCUT2D eigenvalue weighted by molar-refractivity contribution is 7.89. The summed E-state index contributed by atoms with van der Waals surface area (Å²) in [5.74, 6) is 0. The van der Waals surface area contributed by atoms with E-state index >= 15 is 0 Å². The van der Waals surface area contributed by atoms with Crippen molar-refractivity contribution in [2.45, 2.75) is 50.6 Å². The van der Waals surface area contributed by atoms with Crippen LogP contribution < -0.4 is 5.32 Å². The van der Waals surface area contributed by atoms with E-state index in [0.717, 1.165) is 30.4 Å². The Kier molecular flexibility index (Phi) is 4.83. The molecule has 1 unspecified atom stereocenters. The minimum absolute atomic E-state index is 0.160. The van der Waals surface area contributed by atoms with Crippen LogP contribution in [0.3, 0.4) is 0 Å². The van der Waals surface area contributed by atoms with E-state index in [1.807, 2.05) is 32.2 Å². The van der Waals surface area contributed by atoms with Crippen LogP contribution >= 0.6 is 0 Å². The predicted molar refractivity (Wildman–Crippen MR) is 81.1 cm³/mol. The molecule has 112 valence electrons. The molecule has 1 atom stereocenters. The van der Waals surface area contributed by atoms with Gasteiger partial charge >= 0.3 is 0 Å². The molecule has 1 aromatic rings. The third kappa shape index (κ3) is 2.90. The summed E-state index contributed by atoms with van der Waals surface area (Å²) in [7, 11) is -1.50. The molecule has 1 aliphatic rings. The minimum atomic E-state index is -3.37. The molecule has 1 heterocycles. The van der Waals surface area contributed by atoms with Gasteiger partial charge in [-0.3, -0.25) is 0 Å². The molecule has 20 heavy (non-hydrogen) atoms. The topological polar surface area (TPSA) is 49.4 Å². The van der Waals surface area contributed by atoms with E-state index in [0.29, 0.717) is 18.0 Å². The first-order valence-electron chi connectivity index (χ1n) is 7.26. The Morgan fingerprint density at radius 2 is 2.15 bits per heavy atom. The molecule has 4 nitrogen and oxygen atoms in total. The number of hydrogen-bond donors (Lipinski definition) is 1. The van der Waals surface area contributed by atoms with Gasteiger partial charge in [0.1, 0.15) is 0 Å². The Hall–Kier alpha value is -0.910. The molecule has 1 saturated heterocycles. The molecule has 1 N–H and O–H groups in total. The van der Waals surface area contributed by atoms with Crippen molar-refractivity contribution in [1.29, 1.82) is 0 Å². The maximum Gasteiger partial charge on any atom is 0.243 e. The van der Waals surface area contributed by atoms with Crippen LogP contribution in [0.4, 0.5) is 0 Å². The lowest BCUT2D eigenvalue weighted by Crippen LogP contribution is -2.35. The van der Waals surface area contributed by atoms with Gasteiger partial charge in [-0.25, -0.2) is 8.42 Å². The number of rotatable bonds is 5. The molecule has 0 spiro atoms. The van der Waals surface area contributed by atoms with E-state index in [9.17, 15) is 8.42 Å². The summed E-state index contributed by atoms with van der Waals surface area (Å²) >= 11 is 0. The third-order valence-electron chi connectivity index (χ3n) is 4.01. The Morgan fingerprint density at radius 1 is 1.40 bits per heavy atom. The van der Waals surface area contributed by atoms with Gasteiger partial charge in [0.25, 0.3) is 0 Å². The summed E-state index contributed by atoms with van der Waals surface area (Å²) in [4.78, 5) is 0.464. The summed E-state index contributed by atoms with van der Waals surface area (Å²) in [6.07, 6.45) is 2.83. The first-order chi connectivity index (χ1) is 9.50. The lowest BCUT2D eigenvalue weighted by atomic mass is 10.1. The van der Waals surface area contributed by atoms with Gasteiger partial charge < -0.3 is 5.32 Å². The van der Waals surface area contributed by atoms with E-state index in [2.05, 4.69) is 12.2 Å². The van der Waals surface area contributed by atoms with Crippen molar-refractivity contribution in [3.63, 3.8) is 0 Å². The molecular formula is C15H24N2O2S. The van der Waals surface area contributed by atoms with Crippen molar-refractivity contribution < 1.29 is 8.42 Å². The van der Waals surface area contributed by atoms with Gasteiger partial charge in [0.2, 0.25) is 10.0 Å². The van der Waals surface area contributed by atoms with Crippen LogP contribution in [0.15, 0.2) is 23.1 Å². The second-order valence-corrected chi connectivity index (χ2v) is 7.31. The molecule has 0 aromatic heterocycles. The van der Waals surface area contributed by atoms with Gasteiger partial charge in [0, 0.05) is 19.1 Å². The quantitative estimate of drug-likeness (QED) is 0.907. The molecule has 0 saturated carbocycles. The van der Waals surface area contributed by atoms with Crippen LogP contribution in [-0.4, -0.2) is 32.4 Å². The van der Waals surface area contributed by atoms with Crippen LogP contribution in [0.25, 0.3) is 0 Å². The minimum Gasteiger partial charge on any atom is -0.316 e. The summed E-state index contributed by atoms with van der Waals surface area (Å²) in [5.41, 5.74) is 1.83. The molecule has 5 heteroatoms. The Bertz CT molecular complexity index is 569. The fourth-order valence-electron chi connectivity index (χ4n) is 2.90. The van der Waals surface area contributed by atoms with Gasteiger partial charge in [-0.1, -0.05) is 19.1 Å². The average molecular weight is 296 g/mol. The average Bonchev–Trinajstić information content (AvgIpc) is 2.90. The normalized spacial score (nSPS) is 20.4. The smallest absolute Gasteiger partial charge is 0.243 e. The Labute approximate surface area is 122 Å². The maximum atomic E-state index is 12.9. The van der Waals surface area contributed by atoms with Crippen molar-refractivity contribution in [2.75, 3.05) is 13.6 Å². The standard InChI is InChI=1S/C15H24N2O2S/c1-4-14-6-5-9-17(14)20(18,19)15-10-13(11-16-3)8-7-12(15)2/h7-8,10,14,16H,4-6,9,11H2,1-3H3. The molecule has 1 fully saturated rings. The van der Waals surface area contributed by atoms with E-state index in [1.165, 1.54) is 0 Å². The van der Waals surface area contributed by atoms with Gasteiger partial charge in [-0.2, -0.15) is 4.31 Å². The summed E-state index contributed by atoms with van der Waals surface area (Å²) < 4.78 is 27.5. The van der Waals surface area contributed by atoms with Gasteiger partial charge in [0.05, 0.1) is 4.90 Å². The largest absolute Gasteiger partial charge is 0.316 e. The van der Waals surface area contributed by atoms with Crippen LogP contribution in [0, 0.1) is 6.92 Å². The van der Waals surface area contributed by atoms with Crippen molar-refractivity contribution in [1.82, 2.24) is 9.62 Å². The molecular weight excluding hydrogens is 272 g/mol. The van der Waals surface area contributed by atoms with Crippen molar-refractivity contribution in [2.24, 2.45) is 0 Å². The molecule has 0 bridgehead atoms. The van der Waals surface area contributed by atoms with Crippen LogP contribution in [0.1, 0.15) is 37.3 Å². The summed E-state index contributed by atoms with van der Waals surface area (Å²) in [6, 6.07) is 5.85. The van der Waals surface area contributed by atoms with Crippen molar-refractivity contribution in [3.8, 4) is 0 Å². The number of aryl methyl sites for hydroxylation is 1. The van der Waals surface area contributed by atoms with Gasteiger partial charge in [-0.15, -0.1) is 0 Å². The summed E-state index contributed by atoms with van der Waals surface area (Å²) in [6.45, 7) is 5.26. The Balaban J connectivity index is 2.40. The van der Waals surface area contributed by atoms with Crippen LogP contribution in [0.5, 0.6) is 0 Å². The second kappa shape index (κ2) is 6.24. The van der Waals surface area contributed by atoms with E-state index in [-0.39, 0.29) is 6.04 Å². The number of sulfonamides is 1. The first-order valence-corrected chi connectivity index (χ1v) is 8.70. The monoisotopic (exact) mass is 296 g/mol. The second-order valence-electron chi connectivity index (χ2n) is 5.45. The lowest BCUT2D eigenvalue weighted by Gasteiger charge is -2.24. The maximum absolute atomic E-state index is 12.9. The molecule has 2 rings (SSSR count). The first kappa shape index (κ1) is 15.5. The zero-order valence-electron chi connectivity index (χ0n) is 12.5. The number of nitrogens with zero attached hydrogens (tertiary/aromatic N) is 1. The van der Waals surface area contributed by atoms with E-state index in [1.54, 1.807) is 4.31 Å². The number of nitrogens with one attached hydrogen (secondary N) is 1. The molecule has 0 radical (unpaired) electrons. The SMILES string of the molecule is CCC1CCCN1S(=O)(=O)c1cc(CNC)ccc1C. The van der Waals surface area contributed by atoms with Crippen LogP contribution in [-0.2, 0) is 16.6 Å². The van der Waals surface area contributed by atoms with Crippen molar-refractivity contribution in [3.05, 3.63) is 29.3 Å². The van der Waals surface area contributed by atoms with E-state index < -0.39 is 10.0 Å². The Morgan fingerprint density at radius 3 is 2.80 bits per heavy atom. The molecule has 0 amide bonds. The predicted octanol–water partition coefficient (Wildman–Crippen LogP) is 2.28. The molecule has 1 aromatic carbocycles. The molecule has 1 aliphatic heterocycles. The van der Waals surface area contributed by atoms with Crippen molar-refractivity contribution >= 4 is 10.0 Å². The lowest BCUT2D eigenvalue weighted by molar-refractivity contribution is 0.379. The fourth-order valence-corrected chi connectivity index (χ4v) is 4.94. The number of hydrogen-bond acceptors (Lipinski definition) is 3. The van der Waals surface area contributed by atoms with Gasteiger partial charge in [0.15, 0.2) is 0 Å². The molecule has 0 aliphatic carbocycles. The van der Waals surface area contributed by atoms with Crippen LogP contribution in [0.2, 0.25) is 0 Å². The highest BCUT2D eigenvalue weighted by Gasteiger charge is 2.34. The third-order valence-corrected chi connectivity index (χ3v) is 6.11. The highest BCUT2D eigenvalue weighted by Crippen LogP contribution is 2.29. The zero-order valence-corrected chi connectivity index (χ0v) is 13.3. The summed E-state index contributed by atoms with van der Waals surface area (Å²) in [5, 5.41) is 3.06. The van der Waals surface area contributed by atoms with E-state index in [4.69, 9.17) is 0 Å². The zero-order chi connectivity index (χ0) is 14.8.